The van der Waals surface area contributed by atoms with Crippen molar-refractivity contribution in [2.24, 2.45) is 10.9 Å². The van der Waals surface area contributed by atoms with Gasteiger partial charge in [0.1, 0.15) is 54.0 Å². The average Bonchev–Trinajstić information content (AvgIpc) is 3.85. The van der Waals surface area contributed by atoms with E-state index in [1.165, 1.54) is 29.8 Å². The predicted molar refractivity (Wildman–Crippen MR) is 293 cm³/mol. The Morgan fingerprint density at radius 3 is 2.30 bits per heavy atom. The molecule has 20 heteroatoms. The van der Waals surface area contributed by atoms with Gasteiger partial charge in [-0.1, -0.05) is 35.3 Å². The van der Waals surface area contributed by atoms with Crippen molar-refractivity contribution in [3.05, 3.63) is 93.1 Å². The van der Waals surface area contributed by atoms with E-state index in [4.69, 9.17) is 66.1 Å². The highest BCUT2D eigenvalue weighted by Crippen LogP contribution is 2.53. The number of carboxylic acid groups (broad SMARTS) is 1. The number of halogens is 3. The molecule has 2 fully saturated rings. The molecule has 4 bridgehead atoms. The summed E-state index contributed by atoms with van der Waals surface area (Å²) < 4.78 is 63.5. The van der Waals surface area contributed by atoms with Crippen LogP contribution in [0.1, 0.15) is 42.4 Å². The molecule has 0 amide bonds. The van der Waals surface area contributed by atoms with Gasteiger partial charge in [-0.15, -0.1) is 11.3 Å². The number of piperazine rings is 1. The van der Waals surface area contributed by atoms with Crippen LogP contribution in [0.2, 0.25) is 10.0 Å². The molecule has 5 aromatic rings. The Morgan fingerprint density at radius 1 is 0.882 bits per heavy atom. The van der Waals surface area contributed by atoms with Gasteiger partial charge in [-0.05, 0) is 111 Å². The van der Waals surface area contributed by atoms with Crippen LogP contribution in [0.25, 0.3) is 31.8 Å². The van der Waals surface area contributed by atoms with Crippen LogP contribution in [-0.4, -0.2) is 173 Å². The first-order valence-corrected chi connectivity index (χ1v) is 27.5. The summed E-state index contributed by atoms with van der Waals surface area (Å²) in [7, 11) is 5.80. The number of thiophene rings is 1. The van der Waals surface area contributed by atoms with Crippen molar-refractivity contribution in [3.63, 3.8) is 0 Å². The zero-order valence-electron chi connectivity index (χ0n) is 43.7. The number of methoxy groups -OCH3 is 1. The topological polar surface area (TPSA) is 159 Å². The number of hydrogen-bond acceptors (Lipinski definition) is 16. The molecule has 16 nitrogen and oxygen atoms in total. The Hall–Kier alpha value is -5.15. The zero-order chi connectivity index (χ0) is 53.3. The molecule has 408 valence electrons. The highest BCUT2D eigenvalue weighted by atomic mass is 35.5. The van der Waals surface area contributed by atoms with E-state index < -0.39 is 24.0 Å². The lowest BCUT2D eigenvalue weighted by Gasteiger charge is -2.39. The first-order valence-electron chi connectivity index (χ1n) is 25.9. The van der Waals surface area contributed by atoms with Crippen molar-refractivity contribution in [1.29, 1.82) is 0 Å². The van der Waals surface area contributed by atoms with E-state index in [1.54, 1.807) is 31.4 Å². The van der Waals surface area contributed by atoms with Gasteiger partial charge in [0.2, 0.25) is 12.0 Å². The molecule has 1 saturated carbocycles. The van der Waals surface area contributed by atoms with E-state index in [9.17, 15) is 14.3 Å². The fourth-order valence-corrected chi connectivity index (χ4v) is 12.0. The number of aliphatic imine (C=N–C) groups is 1. The van der Waals surface area contributed by atoms with Crippen molar-refractivity contribution in [3.8, 4) is 44.7 Å². The van der Waals surface area contributed by atoms with Crippen LogP contribution in [0.15, 0.2) is 65.6 Å². The third-order valence-electron chi connectivity index (χ3n) is 14.6. The van der Waals surface area contributed by atoms with Gasteiger partial charge in [0.25, 0.3) is 0 Å². The molecule has 10 rings (SSSR count). The molecule has 5 aliphatic rings. The highest BCUT2D eigenvalue weighted by Gasteiger charge is 2.34. The molecule has 2 aromatic heterocycles. The molecule has 1 unspecified atom stereocenters. The van der Waals surface area contributed by atoms with Gasteiger partial charge >= 0.3 is 5.97 Å². The van der Waals surface area contributed by atoms with Gasteiger partial charge in [0.05, 0.1) is 66.9 Å². The maximum atomic E-state index is 14.4. The summed E-state index contributed by atoms with van der Waals surface area (Å²) in [6.45, 7) is 11.3. The number of carboxylic acids is 1. The fraction of sp³-hybridized carbons (Fsp3) is 0.500. The van der Waals surface area contributed by atoms with Gasteiger partial charge in [-0.3, -0.25) is 9.89 Å². The summed E-state index contributed by atoms with van der Waals surface area (Å²) >= 11 is 16.1. The number of rotatable bonds is 18. The second-order valence-corrected chi connectivity index (χ2v) is 21.5. The molecule has 76 heavy (non-hydrogen) atoms. The molecule has 1 aliphatic carbocycles. The number of allylic oxidation sites excluding steroid dienone is 1. The van der Waals surface area contributed by atoms with Crippen LogP contribution >= 0.6 is 34.5 Å². The highest BCUT2D eigenvalue weighted by molar-refractivity contribution is 7.22. The predicted octanol–water partition coefficient (Wildman–Crippen LogP) is 9.41. The summed E-state index contributed by atoms with van der Waals surface area (Å²) in [6, 6.07) is 11.6. The summed E-state index contributed by atoms with van der Waals surface area (Å²) in [5, 5.41) is 12.1. The number of likely N-dealkylation sites (N-methyl/N-ethyl adjacent to an activating group) is 2. The van der Waals surface area contributed by atoms with E-state index >= 15 is 0 Å². The number of carbonyl (C=O) groups is 1. The van der Waals surface area contributed by atoms with E-state index in [-0.39, 0.29) is 37.8 Å². The molecule has 3 atom stereocenters. The first kappa shape index (κ1) is 55.6. The number of aromatic nitrogens is 2. The van der Waals surface area contributed by atoms with E-state index in [0.717, 1.165) is 57.6 Å². The normalized spacial score (nSPS) is 21.4. The quantitative estimate of drug-likeness (QED) is 0.0827. The largest absolute Gasteiger partial charge is 0.490 e. The Morgan fingerprint density at radius 2 is 1.59 bits per heavy atom. The van der Waals surface area contributed by atoms with Crippen molar-refractivity contribution in [1.82, 2.24) is 24.7 Å². The second kappa shape index (κ2) is 26.0. The fourth-order valence-electron chi connectivity index (χ4n) is 10.3. The molecule has 0 spiro atoms. The molecular weight excluding hydrogens is 1040 g/mol. The molecule has 3 aromatic carbocycles. The van der Waals surface area contributed by atoms with E-state index in [1.807, 2.05) is 39.3 Å². The lowest BCUT2D eigenvalue weighted by molar-refractivity contribution is -0.145. The Kier molecular flexibility index (Phi) is 19.0. The van der Waals surface area contributed by atoms with Crippen LogP contribution in [0.3, 0.4) is 0 Å². The summed E-state index contributed by atoms with van der Waals surface area (Å²) in [5.41, 5.74) is 4.77. The Labute approximate surface area is 457 Å². The molecular formula is C56H67Cl2FN6O10S. The van der Waals surface area contributed by atoms with Crippen LogP contribution in [0.4, 0.5) is 4.39 Å². The third kappa shape index (κ3) is 13.2. The maximum Gasteiger partial charge on any atom is 0.345 e. The van der Waals surface area contributed by atoms with Crippen LogP contribution < -0.4 is 18.9 Å². The SMILES string of the molecule is COCCOCCOCCO[C@H]1CC[C@H](C2N=CC=C(COc3ccc4cc3C[C@H](C(=O)O)Oc3ncnc5sc(-c6ccc(F)cc6)c(c35)-c3c(C)c(Cl)c(c(Cl)c3C)O[C@H](CN3CCN(C)CC3)CO4)N2C)CC1. The second-order valence-electron chi connectivity index (χ2n) is 19.7. The summed E-state index contributed by atoms with van der Waals surface area (Å²) in [6.07, 6.45) is 6.95. The standard InChI is InChI=1S/C56H67Cl2FN6O10S/c1-34-46-35(2)50(58)51(49(34)57)74-43(30-65-20-18-63(3)19-21-65)32-72-42-14-15-44(73-31-40-16-17-60-53(64(40)4)37-8-12-41(13-9-37)71-27-26-70-25-24-69-23-22-68-5)38(28-42)29-45(56(66)67)75-54-48-47(46)52(76-55(48)62-33-61-54)36-6-10-39(59)11-7-36/h6-7,10-11,14-17,28,33,37,41,43,45,53H,8-9,12-13,18-27,29-32H2,1-5H3,(H,66,67)/t37-,41-,43-,45-,53?/m1/s1. The minimum atomic E-state index is -1.45. The number of aliphatic carboxylic acids is 1. The van der Waals surface area contributed by atoms with Crippen LogP contribution in [0.5, 0.6) is 23.1 Å². The van der Waals surface area contributed by atoms with Crippen LogP contribution in [-0.2, 0) is 30.2 Å². The lowest BCUT2D eigenvalue weighted by Crippen LogP contribution is -2.49. The molecule has 4 aliphatic heterocycles. The van der Waals surface area contributed by atoms with Crippen molar-refractivity contribution in [2.45, 2.75) is 70.4 Å². The average molecular weight is 1110 g/mol. The number of nitrogens with zero attached hydrogens (tertiary/aromatic N) is 6. The number of benzene rings is 3. The van der Waals surface area contributed by atoms with Gasteiger partial charge in [0.15, 0.2) is 5.75 Å². The number of ether oxygens (including phenoxy) is 8. The van der Waals surface area contributed by atoms with Crippen molar-refractivity contribution in [2.75, 3.05) is 107 Å². The van der Waals surface area contributed by atoms with E-state index in [2.05, 4.69) is 31.7 Å². The summed E-state index contributed by atoms with van der Waals surface area (Å²) in [5.74, 6) is 0.0140. The lowest BCUT2D eigenvalue weighted by atomic mass is 9.84. The van der Waals surface area contributed by atoms with Crippen LogP contribution in [0, 0.1) is 25.6 Å². The smallest absolute Gasteiger partial charge is 0.345 e. The summed E-state index contributed by atoms with van der Waals surface area (Å²) in [4.78, 5) is 35.7. The molecule has 6 heterocycles. The zero-order valence-corrected chi connectivity index (χ0v) is 46.1. The van der Waals surface area contributed by atoms with Crippen molar-refractivity contribution >= 4 is 56.9 Å². The first-order chi connectivity index (χ1) is 36.9. The minimum Gasteiger partial charge on any atom is -0.490 e. The van der Waals surface area contributed by atoms with E-state index in [0.29, 0.717) is 128 Å². The monoisotopic (exact) mass is 1100 g/mol. The molecule has 0 radical (unpaired) electrons. The Balaban J connectivity index is 0.987. The van der Waals surface area contributed by atoms with Gasteiger partial charge in [0, 0.05) is 75.5 Å². The van der Waals surface area contributed by atoms with Gasteiger partial charge < -0.3 is 52.8 Å². The van der Waals surface area contributed by atoms with Crippen molar-refractivity contribution < 1.29 is 52.2 Å². The van der Waals surface area contributed by atoms with Gasteiger partial charge in [-0.25, -0.2) is 19.2 Å². The third-order valence-corrected chi connectivity index (χ3v) is 16.7. The number of fused-ring (bicyclic) bond motifs is 7. The molecule has 1 N–H and O–H groups in total. The molecule has 1 saturated heterocycles. The van der Waals surface area contributed by atoms with Gasteiger partial charge in [-0.2, -0.15) is 0 Å². The maximum absolute atomic E-state index is 14.4. The number of hydrogen-bond donors (Lipinski definition) is 1. The Bertz CT molecular complexity index is 2830. The minimum absolute atomic E-state index is 0.0410.